The fourth-order valence-electron chi connectivity index (χ4n) is 5.28. The standard InChI is InChI=1S/C30H31P2/c1-30(2)22-23-32(27-18-10-5-11-19-27,29-21-13-12-20-28(29)30)24-31(25-14-6-3-7-15-25)26-16-8-4-9-17-26/h3-21H,22-24H2,1-2H3/q+1/p+1. The van der Waals surface area contributed by atoms with E-state index >= 15 is 0 Å². The van der Waals surface area contributed by atoms with Gasteiger partial charge in [0.2, 0.25) is 0 Å². The highest BCUT2D eigenvalue weighted by Crippen LogP contribution is 2.67. The lowest BCUT2D eigenvalue weighted by atomic mass is 9.82. The Morgan fingerprint density at radius 3 is 1.75 bits per heavy atom. The third-order valence-corrected chi connectivity index (χ3v) is 16.2. The molecule has 0 N–H and O–H groups in total. The van der Waals surface area contributed by atoms with Gasteiger partial charge in [0, 0.05) is 5.56 Å². The van der Waals surface area contributed by atoms with E-state index < -0.39 is 15.2 Å². The molecule has 0 fully saturated rings. The second-order valence-corrected chi connectivity index (χ2v) is 16.3. The van der Waals surface area contributed by atoms with Crippen molar-refractivity contribution in [2.45, 2.75) is 25.7 Å². The van der Waals surface area contributed by atoms with Crippen molar-refractivity contribution in [1.82, 2.24) is 0 Å². The molecule has 0 spiro atoms. The predicted octanol–water partition coefficient (Wildman–Crippen LogP) is 6.16. The van der Waals surface area contributed by atoms with E-state index in [4.69, 9.17) is 0 Å². The summed E-state index contributed by atoms with van der Waals surface area (Å²) < 4.78 is 0. The van der Waals surface area contributed by atoms with Crippen LogP contribution in [0, 0.1) is 0 Å². The quantitative estimate of drug-likeness (QED) is 0.317. The summed E-state index contributed by atoms with van der Waals surface area (Å²) in [6, 6.07) is 43.5. The van der Waals surface area contributed by atoms with Crippen molar-refractivity contribution in [1.29, 1.82) is 0 Å². The Morgan fingerprint density at radius 2 is 1.16 bits per heavy atom. The van der Waals surface area contributed by atoms with E-state index in [1.165, 1.54) is 29.1 Å². The van der Waals surface area contributed by atoms with Crippen molar-refractivity contribution in [3.05, 3.63) is 121 Å². The topological polar surface area (TPSA) is 0 Å². The van der Waals surface area contributed by atoms with Gasteiger partial charge in [-0.05, 0) is 54.3 Å². The summed E-state index contributed by atoms with van der Waals surface area (Å²) in [5.74, 6) is 1.28. The van der Waals surface area contributed by atoms with Crippen molar-refractivity contribution < 1.29 is 0 Å². The number of rotatable bonds is 5. The molecule has 0 nitrogen and oxygen atoms in total. The fourth-order valence-corrected chi connectivity index (χ4v) is 16.1. The smallest absolute Gasteiger partial charge is 0.0620 e. The second kappa shape index (κ2) is 8.94. The average molecular weight is 455 g/mol. The molecule has 5 rings (SSSR count). The zero-order chi connectivity index (χ0) is 22.0. The Balaban J connectivity index is 1.72. The maximum absolute atomic E-state index is 2.46. The van der Waals surface area contributed by atoms with Gasteiger partial charge in [0.15, 0.2) is 5.90 Å². The molecule has 0 saturated heterocycles. The molecule has 0 bridgehead atoms. The van der Waals surface area contributed by atoms with E-state index in [0.717, 1.165) is 0 Å². The van der Waals surface area contributed by atoms with E-state index in [1.54, 1.807) is 16.2 Å². The summed E-state index contributed by atoms with van der Waals surface area (Å²) >= 11 is 0. The van der Waals surface area contributed by atoms with E-state index in [1.807, 2.05) is 0 Å². The van der Waals surface area contributed by atoms with E-state index in [-0.39, 0.29) is 5.41 Å². The van der Waals surface area contributed by atoms with Crippen LogP contribution in [0.4, 0.5) is 0 Å². The van der Waals surface area contributed by atoms with Gasteiger partial charge in [-0.3, -0.25) is 0 Å². The molecule has 1 heterocycles. The van der Waals surface area contributed by atoms with Gasteiger partial charge in [-0.15, -0.1) is 0 Å². The van der Waals surface area contributed by atoms with Gasteiger partial charge in [0.05, 0.1) is 6.16 Å². The van der Waals surface area contributed by atoms with Gasteiger partial charge in [0.1, 0.15) is 36.4 Å². The number of benzene rings is 4. The summed E-state index contributed by atoms with van der Waals surface area (Å²) in [6.07, 6.45) is 2.56. The molecular formula is C30H32P2+2. The van der Waals surface area contributed by atoms with E-state index in [2.05, 4.69) is 129 Å². The predicted molar refractivity (Wildman–Crippen MR) is 147 cm³/mol. The van der Waals surface area contributed by atoms with Crippen LogP contribution in [0.5, 0.6) is 0 Å². The van der Waals surface area contributed by atoms with Crippen molar-refractivity contribution in [3.8, 4) is 0 Å². The minimum absolute atomic E-state index is 0.237. The van der Waals surface area contributed by atoms with Crippen LogP contribution in [-0.4, -0.2) is 12.1 Å². The molecule has 4 aromatic carbocycles. The molecule has 0 aromatic heterocycles. The van der Waals surface area contributed by atoms with Crippen molar-refractivity contribution in [3.63, 3.8) is 0 Å². The van der Waals surface area contributed by atoms with Crippen LogP contribution in [0.2, 0.25) is 0 Å². The van der Waals surface area contributed by atoms with Crippen LogP contribution in [0.15, 0.2) is 115 Å². The molecule has 4 aromatic rings. The Labute approximate surface area is 194 Å². The summed E-state index contributed by atoms with van der Waals surface area (Å²) in [6.45, 7) is 4.87. The first kappa shape index (κ1) is 21.6. The molecule has 0 saturated carbocycles. The largest absolute Gasteiger partial charge is 0.176 e. The van der Waals surface area contributed by atoms with Gasteiger partial charge in [-0.1, -0.05) is 86.6 Å². The zero-order valence-electron chi connectivity index (χ0n) is 19.0. The summed E-state index contributed by atoms with van der Waals surface area (Å²) in [5, 5.41) is 6.29. The molecule has 1 unspecified atom stereocenters. The minimum Gasteiger partial charge on any atom is -0.0620 e. The molecule has 0 amide bonds. The molecule has 32 heavy (non-hydrogen) atoms. The SMILES string of the molecule is CC1(C)CC[P+](C[PH+](c2ccccc2)c2ccccc2)(c2ccccc2)c2ccccc21. The molecular weight excluding hydrogens is 422 g/mol. The van der Waals surface area contributed by atoms with Gasteiger partial charge in [-0.25, -0.2) is 0 Å². The second-order valence-electron chi connectivity index (χ2n) is 9.55. The normalized spacial score (nSPS) is 19.5. The molecule has 160 valence electrons. The van der Waals surface area contributed by atoms with Crippen molar-refractivity contribution in [2.24, 2.45) is 0 Å². The lowest BCUT2D eigenvalue weighted by molar-refractivity contribution is 0.507. The average Bonchev–Trinajstić information content (AvgIpc) is 2.86. The minimum atomic E-state index is -1.55. The third-order valence-electron chi connectivity index (χ3n) is 7.14. The van der Waals surface area contributed by atoms with E-state index in [0.29, 0.717) is 0 Å². The molecule has 1 atom stereocenters. The highest BCUT2D eigenvalue weighted by Gasteiger charge is 2.54. The lowest BCUT2D eigenvalue weighted by Crippen LogP contribution is -2.41. The molecule has 0 radical (unpaired) electrons. The first-order valence-corrected chi connectivity index (χ1v) is 15.5. The third kappa shape index (κ3) is 3.96. The van der Waals surface area contributed by atoms with Crippen LogP contribution in [0.1, 0.15) is 25.8 Å². The van der Waals surface area contributed by atoms with Crippen LogP contribution in [-0.2, 0) is 5.41 Å². The van der Waals surface area contributed by atoms with Crippen LogP contribution in [0.3, 0.4) is 0 Å². The monoisotopic (exact) mass is 454 g/mol. The van der Waals surface area contributed by atoms with Crippen LogP contribution >= 0.6 is 15.2 Å². The zero-order valence-corrected chi connectivity index (χ0v) is 20.9. The van der Waals surface area contributed by atoms with Gasteiger partial charge >= 0.3 is 0 Å². The Kier molecular flexibility index (Phi) is 6.03. The fraction of sp³-hybridized carbons (Fsp3) is 0.200. The van der Waals surface area contributed by atoms with Crippen LogP contribution < -0.4 is 21.2 Å². The lowest BCUT2D eigenvalue weighted by Gasteiger charge is -2.39. The Hall–Kier alpha value is -2.26. The highest BCUT2D eigenvalue weighted by molar-refractivity contribution is 7.98. The maximum Gasteiger partial charge on any atom is 0.176 e. The Bertz CT molecular complexity index is 1130. The number of hydrogen-bond donors (Lipinski definition) is 0. The van der Waals surface area contributed by atoms with Gasteiger partial charge < -0.3 is 0 Å². The van der Waals surface area contributed by atoms with Crippen molar-refractivity contribution in [2.75, 3.05) is 12.1 Å². The maximum atomic E-state index is 2.46. The van der Waals surface area contributed by atoms with Crippen LogP contribution in [0.25, 0.3) is 0 Å². The number of hydrogen-bond acceptors (Lipinski definition) is 0. The van der Waals surface area contributed by atoms with E-state index in [9.17, 15) is 0 Å². The molecule has 1 aliphatic heterocycles. The van der Waals surface area contributed by atoms with Gasteiger partial charge in [0.25, 0.3) is 0 Å². The Morgan fingerprint density at radius 1 is 0.656 bits per heavy atom. The summed E-state index contributed by atoms with van der Waals surface area (Å²) in [4.78, 5) is 0. The van der Waals surface area contributed by atoms with Gasteiger partial charge in [-0.2, -0.15) is 0 Å². The molecule has 2 heteroatoms. The molecule has 1 aliphatic rings. The number of fused-ring (bicyclic) bond motifs is 1. The first-order chi connectivity index (χ1) is 15.6. The van der Waals surface area contributed by atoms with Crippen molar-refractivity contribution >= 4 is 36.4 Å². The first-order valence-electron chi connectivity index (χ1n) is 11.6. The summed E-state index contributed by atoms with van der Waals surface area (Å²) in [7, 11) is -2.49. The molecule has 0 aliphatic carbocycles. The highest BCUT2D eigenvalue weighted by atomic mass is 31.2. The summed E-state index contributed by atoms with van der Waals surface area (Å²) in [5.41, 5.74) is 1.81.